The van der Waals surface area contributed by atoms with Gasteiger partial charge in [0.05, 0.1) is 25.2 Å². The molecule has 5 amide bonds. The third kappa shape index (κ3) is 5.67. The van der Waals surface area contributed by atoms with Gasteiger partial charge in [-0.15, -0.1) is 12.4 Å². The van der Waals surface area contributed by atoms with Crippen molar-refractivity contribution in [3.8, 4) is 5.75 Å². The number of nitrogens with two attached hydrogens (primary N) is 1. The van der Waals surface area contributed by atoms with Crippen molar-refractivity contribution >= 4 is 36.2 Å². The van der Waals surface area contributed by atoms with E-state index in [0.29, 0.717) is 38.8 Å². The Labute approximate surface area is 216 Å². The van der Waals surface area contributed by atoms with Gasteiger partial charge < -0.3 is 36.2 Å². The Balaban J connectivity index is 0.00000361. The van der Waals surface area contributed by atoms with E-state index >= 15 is 0 Å². The molecule has 3 aliphatic heterocycles. The van der Waals surface area contributed by atoms with Crippen LogP contribution in [0.5, 0.6) is 5.75 Å². The van der Waals surface area contributed by atoms with Crippen molar-refractivity contribution in [3.05, 3.63) is 29.8 Å². The number of nitrogens with zero attached hydrogens (tertiary/aromatic N) is 2. The number of hydrogen-bond donors (Lipinski definition) is 4. The summed E-state index contributed by atoms with van der Waals surface area (Å²) >= 11 is 0. The first-order valence-electron chi connectivity index (χ1n) is 12.2. The summed E-state index contributed by atoms with van der Waals surface area (Å²) in [6.45, 7) is 2.43. The number of carbonyl (C=O) groups excluding carboxylic acids is 4. The molecule has 5 atom stereocenters. The van der Waals surface area contributed by atoms with Gasteiger partial charge in [0.2, 0.25) is 17.7 Å². The average Bonchev–Trinajstić information content (AvgIpc) is 3.27. The van der Waals surface area contributed by atoms with Crippen LogP contribution in [0.4, 0.5) is 4.79 Å². The molecule has 5 N–H and O–H groups in total. The first kappa shape index (κ1) is 27.5. The Morgan fingerprint density at radius 1 is 1.08 bits per heavy atom. The predicted octanol–water partition coefficient (Wildman–Crippen LogP) is 0.285. The molecule has 2 fully saturated rings. The summed E-state index contributed by atoms with van der Waals surface area (Å²) in [5.74, 6) is -0.328. The van der Waals surface area contributed by atoms with E-state index < -0.39 is 24.0 Å². The van der Waals surface area contributed by atoms with E-state index in [2.05, 4.69) is 16.0 Å². The van der Waals surface area contributed by atoms with Gasteiger partial charge in [-0.05, 0) is 32.3 Å². The molecule has 0 aliphatic carbocycles. The molecule has 1 aromatic rings. The number of halogens is 1. The van der Waals surface area contributed by atoms with Crippen LogP contribution in [0.1, 0.15) is 44.2 Å². The highest BCUT2D eigenvalue weighted by Crippen LogP contribution is 2.33. The maximum atomic E-state index is 13.7. The molecule has 12 heteroatoms. The lowest BCUT2D eigenvalue weighted by Gasteiger charge is -2.39. The van der Waals surface area contributed by atoms with Crippen LogP contribution >= 0.6 is 12.4 Å². The minimum absolute atomic E-state index is 0. The van der Waals surface area contributed by atoms with Crippen molar-refractivity contribution < 1.29 is 23.9 Å². The van der Waals surface area contributed by atoms with Gasteiger partial charge in [0.15, 0.2) is 0 Å². The minimum atomic E-state index is -0.995. The summed E-state index contributed by atoms with van der Waals surface area (Å²) in [5, 5.41) is 8.39. The summed E-state index contributed by atoms with van der Waals surface area (Å²) in [4.78, 5) is 55.0. The smallest absolute Gasteiger partial charge is 0.317 e. The summed E-state index contributed by atoms with van der Waals surface area (Å²) in [7, 11) is 1.52. The summed E-state index contributed by atoms with van der Waals surface area (Å²) in [5.41, 5.74) is 6.63. The van der Waals surface area contributed by atoms with Crippen LogP contribution in [-0.4, -0.2) is 84.5 Å². The van der Waals surface area contributed by atoms with Crippen LogP contribution in [0.3, 0.4) is 0 Å². The SMILES string of the molecule is CNC(=O)N1CC[C@H]2CC[C@@H](C(=O)N[C@@H]3CCOc4ccccc43)N2C(=O)[C@@H](NC(=O)[C@H](C)N)C1.Cl. The first-order valence-corrected chi connectivity index (χ1v) is 12.2. The predicted molar refractivity (Wildman–Crippen MR) is 135 cm³/mol. The Morgan fingerprint density at radius 2 is 1.83 bits per heavy atom. The summed E-state index contributed by atoms with van der Waals surface area (Å²) in [6, 6.07) is 4.42. The zero-order chi connectivity index (χ0) is 25.1. The van der Waals surface area contributed by atoms with Crippen LogP contribution in [0.15, 0.2) is 24.3 Å². The molecule has 0 radical (unpaired) electrons. The zero-order valence-electron chi connectivity index (χ0n) is 20.6. The molecular formula is C24H35ClN6O5. The molecular weight excluding hydrogens is 488 g/mol. The van der Waals surface area contributed by atoms with Gasteiger partial charge in [0, 0.05) is 31.6 Å². The Hall–Kier alpha value is -3.05. The van der Waals surface area contributed by atoms with Crippen LogP contribution in [0.2, 0.25) is 0 Å². The summed E-state index contributed by atoms with van der Waals surface area (Å²) < 4.78 is 5.70. The highest BCUT2D eigenvalue weighted by molar-refractivity contribution is 5.94. The fourth-order valence-electron chi connectivity index (χ4n) is 5.14. The largest absolute Gasteiger partial charge is 0.493 e. The van der Waals surface area contributed by atoms with Crippen molar-refractivity contribution in [1.82, 2.24) is 25.8 Å². The van der Waals surface area contributed by atoms with E-state index in [9.17, 15) is 19.2 Å². The van der Waals surface area contributed by atoms with Gasteiger partial charge in [0.25, 0.3) is 0 Å². The Bertz CT molecular complexity index is 991. The lowest BCUT2D eigenvalue weighted by Crippen LogP contribution is -2.62. The molecule has 4 rings (SSSR count). The number of rotatable bonds is 4. The number of fused-ring (bicyclic) bond motifs is 2. The monoisotopic (exact) mass is 522 g/mol. The third-order valence-electron chi connectivity index (χ3n) is 7.00. The molecule has 1 aromatic carbocycles. The van der Waals surface area contributed by atoms with Gasteiger partial charge in [-0.1, -0.05) is 18.2 Å². The Morgan fingerprint density at radius 3 is 2.56 bits per heavy atom. The quantitative estimate of drug-likeness (QED) is 0.447. The first-order chi connectivity index (χ1) is 16.8. The number of urea groups is 1. The van der Waals surface area contributed by atoms with Crippen molar-refractivity contribution in [2.45, 2.75) is 62.8 Å². The van der Waals surface area contributed by atoms with Crippen molar-refractivity contribution in [2.75, 3.05) is 26.7 Å². The second-order valence-corrected chi connectivity index (χ2v) is 9.37. The van der Waals surface area contributed by atoms with Crippen LogP contribution in [0.25, 0.3) is 0 Å². The molecule has 0 saturated carbocycles. The van der Waals surface area contributed by atoms with E-state index in [1.165, 1.54) is 18.9 Å². The zero-order valence-corrected chi connectivity index (χ0v) is 21.4. The number of nitrogens with one attached hydrogen (secondary N) is 3. The van der Waals surface area contributed by atoms with E-state index in [-0.39, 0.29) is 48.9 Å². The fourth-order valence-corrected chi connectivity index (χ4v) is 5.14. The third-order valence-corrected chi connectivity index (χ3v) is 7.00. The molecule has 0 unspecified atom stereocenters. The van der Waals surface area contributed by atoms with Crippen molar-refractivity contribution in [2.24, 2.45) is 5.73 Å². The molecule has 2 saturated heterocycles. The fraction of sp³-hybridized carbons (Fsp3) is 0.583. The normalized spacial score (nSPS) is 26.1. The number of amides is 5. The summed E-state index contributed by atoms with van der Waals surface area (Å²) in [6.07, 6.45) is 2.35. The number of carbonyl (C=O) groups is 4. The highest BCUT2D eigenvalue weighted by atomic mass is 35.5. The molecule has 198 valence electrons. The van der Waals surface area contributed by atoms with E-state index in [1.54, 1.807) is 4.90 Å². The minimum Gasteiger partial charge on any atom is -0.493 e. The van der Waals surface area contributed by atoms with Gasteiger partial charge in [-0.25, -0.2) is 4.79 Å². The molecule has 11 nitrogen and oxygen atoms in total. The molecule has 3 heterocycles. The lowest BCUT2D eigenvalue weighted by molar-refractivity contribution is -0.145. The van der Waals surface area contributed by atoms with Gasteiger partial charge >= 0.3 is 6.03 Å². The number of hydrogen-bond acceptors (Lipinski definition) is 6. The number of benzene rings is 1. The van der Waals surface area contributed by atoms with Crippen molar-refractivity contribution in [3.63, 3.8) is 0 Å². The standard InChI is InChI=1S/C24H34N6O5.ClH/c1-14(25)21(31)28-18-13-29(24(34)26-2)11-9-15-7-8-19(30(15)23(18)33)22(32)27-17-10-12-35-20-6-4-3-5-16(17)20;/h3-6,14-15,17-19H,7-13,25H2,1-2H3,(H,26,34)(H,27,32)(H,28,31);1H/t14-,15+,17+,18-,19-;/m0./s1. The molecule has 36 heavy (non-hydrogen) atoms. The lowest BCUT2D eigenvalue weighted by atomic mass is 10.00. The van der Waals surface area contributed by atoms with Crippen LogP contribution < -0.4 is 26.4 Å². The maximum absolute atomic E-state index is 13.7. The molecule has 3 aliphatic rings. The number of ether oxygens (including phenoxy) is 1. The van der Waals surface area contributed by atoms with Gasteiger partial charge in [0.1, 0.15) is 17.8 Å². The average molecular weight is 523 g/mol. The second kappa shape index (κ2) is 11.8. The van der Waals surface area contributed by atoms with Gasteiger partial charge in [-0.3, -0.25) is 14.4 Å². The van der Waals surface area contributed by atoms with Crippen LogP contribution in [0, 0.1) is 0 Å². The van der Waals surface area contributed by atoms with Gasteiger partial charge in [-0.2, -0.15) is 0 Å². The molecule has 0 bridgehead atoms. The second-order valence-electron chi connectivity index (χ2n) is 9.37. The highest BCUT2D eigenvalue weighted by Gasteiger charge is 2.46. The van der Waals surface area contributed by atoms with E-state index in [1.807, 2.05) is 24.3 Å². The maximum Gasteiger partial charge on any atom is 0.317 e. The van der Waals surface area contributed by atoms with Crippen LogP contribution in [-0.2, 0) is 14.4 Å². The van der Waals surface area contributed by atoms with E-state index in [4.69, 9.17) is 10.5 Å². The van der Waals surface area contributed by atoms with E-state index in [0.717, 1.165) is 11.3 Å². The topological polar surface area (TPSA) is 146 Å². The Kier molecular flexibility index (Phi) is 9.02. The molecule has 0 spiro atoms. The number of para-hydroxylation sites is 1. The molecule has 0 aromatic heterocycles. The van der Waals surface area contributed by atoms with Crippen molar-refractivity contribution in [1.29, 1.82) is 0 Å².